The van der Waals surface area contributed by atoms with Gasteiger partial charge in [0.1, 0.15) is 0 Å². The van der Waals surface area contributed by atoms with Gasteiger partial charge in [-0.3, -0.25) is 4.79 Å². The van der Waals surface area contributed by atoms with E-state index in [9.17, 15) is 22.8 Å². The van der Waals surface area contributed by atoms with E-state index in [0.29, 0.717) is 8.95 Å². The fraction of sp³-hybridized carbons (Fsp3) is 0.273. The molecule has 0 aliphatic rings. The Morgan fingerprint density at radius 3 is 2.38 bits per heavy atom. The van der Waals surface area contributed by atoms with E-state index in [4.69, 9.17) is 5.11 Å². The second kappa shape index (κ2) is 7.23. The maximum absolute atomic E-state index is 11.9. The van der Waals surface area contributed by atoms with Crippen LogP contribution >= 0.6 is 31.9 Å². The van der Waals surface area contributed by atoms with Gasteiger partial charge in [-0.05, 0) is 28.1 Å². The van der Waals surface area contributed by atoms with Crippen molar-refractivity contribution < 1.29 is 27.9 Å². The molecular formula is C11H9Br2F3N2O3. The van der Waals surface area contributed by atoms with Crippen LogP contribution in [-0.2, 0) is 4.79 Å². The second-order valence-electron chi connectivity index (χ2n) is 3.88. The third-order valence-electron chi connectivity index (χ3n) is 2.16. The van der Waals surface area contributed by atoms with Gasteiger partial charge in [0.2, 0.25) is 5.91 Å². The highest BCUT2D eigenvalue weighted by atomic mass is 79.9. The zero-order chi connectivity index (χ0) is 16.2. The molecule has 0 saturated carbocycles. The van der Waals surface area contributed by atoms with Crippen molar-refractivity contribution >= 4 is 49.4 Å². The van der Waals surface area contributed by atoms with Crippen LogP contribution in [0, 0.1) is 0 Å². The molecule has 1 rings (SSSR count). The van der Waals surface area contributed by atoms with Crippen molar-refractivity contribution in [2.75, 3.05) is 18.4 Å². The molecule has 1 amide bonds. The van der Waals surface area contributed by atoms with E-state index in [0.717, 1.165) is 0 Å². The summed E-state index contributed by atoms with van der Waals surface area (Å²) in [6.45, 7) is -1.91. The van der Waals surface area contributed by atoms with Gasteiger partial charge in [-0.1, -0.05) is 15.9 Å². The highest BCUT2D eigenvalue weighted by Crippen LogP contribution is 2.30. The molecule has 0 unspecified atom stereocenters. The van der Waals surface area contributed by atoms with Gasteiger partial charge in [0.15, 0.2) is 0 Å². The molecule has 1 aromatic rings. The Hall–Kier alpha value is -1.13. The van der Waals surface area contributed by atoms with Crippen LogP contribution in [0.1, 0.15) is 10.4 Å². The van der Waals surface area contributed by atoms with Gasteiger partial charge in [0.25, 0.3) is 0 Å². The third kappa shape index (κ3) is 6.02. The van der Waals surface area contributed by atoms with Crippen molar-refractivity contribution in [3.05, 3.63) is 26.6 Å². The molecule has 0 atom stereocenters. The summed E-state index contributed by atoms with van der Waals surface area (Å²) in [6, 6.07) is 2.77. The van der Waals surface area contributed by atoms with Gasteiger partial charge >= 0.3 is 12.1 Å². The molecule has 10 heteroatoms. The van der Waals surface area contributed by atoms with Crippen LogP contribution in [0.3, 0.4) is 0 Å². The number of carbonyl (C=O) groups is 2. The molecule has 0 aliphatic heterocycles. The van der Waals surface area contributed by atoms with E-state index in [1.54, 1.807) is 0 Å². The summed E-state index contributed by atoms with van der Waals surface area (Å²) in [7, 11) is 0. The van der Waals surface area contributed by atoms with Crippen LogP contribution < -0.4 is 10.6 Å². The lowest BCUT2D eigenvalue weighted by Crippen LogP contribution is -2.35. The minimum Gasteiger partial charge on any atom is -0.478 e. The fourth-order valence-corrected chi connectivity index (χ4v) is 2.70. The molecule has 1 aromatic carbocycles. The van der Waals surface area contributed by atoms with Gasteiger partial charge in [-0.15, -0.1) is 0 Å². The topological polar surface area (TPSA) is 78.4 Å². The smallest absolute Gasteiger partial charge is 0.401 e. The van der Waals surface area contributed by atoms with Gasteiger partial charge in [-0.2, -0.15) is 13.2 Å². The molecule has 0 radical (unpaired) electrons. The Kier molecular flexibility index (Phi) is 6.17. The molecule has 0 aliphatic carbocycles. The Morgan fingerprint density at radius 1 is 1.24 bits per heavy atom. The summed E-state index contributed by atoms with van der Waals surface area (Å²) in [5.41, 5.74) is -0.218. The molecule has 0 bridgehead atoms. The van der Waals surface area contributed by atoms with Crippen molar-refractivity contribution in [2.45, 2.75) is 6.18 Å². The van der Waals surface area contributed by atoms with Crippen molar-refractivity contribution in [1.82, 2.24) is 5.32 Å². The van der Waals surface area contributed by atoms with Gasteiger partial charge in [0, 0.05) is 8.95 Å². The van der Waals surface area contributed by atoms with Crippen LogP contribution in [0.25, 0.3) is 0 Å². The Labute approximate surface area is 134 Å². The normalized spacial score (nSPS) is 11.3. The number of halogens is 5. The molecular weight excluding hydrogens is 425 g/mol. The van der Waals surface area contributed by atoms with E-state index >= 15 is 0 Å². The monoisotopic (exact) mass is 432 g/mol. The lowest BCUT2D eigenvalue weighted by atomic mass is 10.2. The number of anilines is 1. The molecule has 0 saturated heterocycles. The number of hydrogen-bond donors (Lipinski definition) is 3. The summed E-state index contributed by atoms with van der Waals surface area (Å²) in [5, 5.41) is 13.2. The molecule has 21 heavy (non-hydrogen) atoms. The van der Waals surface area contributed by atoms with Gasteiger partial charge in [0.05, 0.1) is 24.3 Å². The maximum atomic E-state index is 11.9. The predicted octanol–water partition coefficient (Wildman–Crippen LogP) is 3.00. The molecule has 0 spiro atoms. The van der Waals surface area contributed by atoms with Crippen LogP contribution in [0.5, 0.6) is 0 Å². The third-order valence-corrected chi connectivity index (χ3v) is 3.24. The molecule has 0 fully saturated rings. The largest absolute Gasteiger partial charge is 0.478 e. The first-order chi connectivity index (χ1) is 9.60. The second-order valence-corrected chi connectivity index (χ2v) is 5.65. The number of benzene rings is 1. The van der Waals surface area contributed by atoms with E-state index in [-0.39, 0.29) is 11.3 Å². The fourth-order valence-electron chi connectivity index (χ4n) is 1.37. The Balaban J connectivity index is 2.79. The summed E-state index contributed by atoms with van der Waals surface area (Å²) in [5.74, 6) is -2.07. The average molecular weight is 434 g/mol. The minimum atomic E-state index is -4.43. The number of hydrogen-bond acceptors (Lipinski definition) is 3. The molecule has 0 aromatic heterocycles. The maximum Gasteiger partial charge on any atom is 0.401 e. The highest BCUT2D eigenvalue weighted by molar-refractivity contribution is 9.11. The summed E-state index contributed by atoms with van der Waals surface area (Å²) < 4.78 is 36.5. The van der Waals surface area contributed by atoms with Crippen LogP contribution in [0.2, 0.25) is 0 Å². The SMILES string of the molecule is O=C(CNCC(F)(F)F)Nc1c(Br)cc(Br)cc1C(=O)O. The number of nitrogens with one attached hydrogen (secondary N) is 2. The summed E-state index contributed by atoms with van der Waals surface area (Å²) in [6.07, 6.45) is -4.43. The Morgan fingerprint density at radius 2 is 1.86 bits per heavy atom. The van der Waals surface area contributed by atoms with Crippen LogP contribution in [0.4, 0.5) is 18.9 Å². The van der Waals surface area contributed by atoms with E-state index in [2.05, 4.69) is 37.2 Å². The lowest BCUT2D eigenvalue weighted by molar-refractivity contribution is -0.126. The number of rotatable bonds is 5. The number of carboxylic acid groups (broad SMARTS) is 1. The number of amides is 1. The van der Waals surface area contributed by atoms with E-state index in [1.165, 1.54) is 12.1 Å². The zero-order valence-electron chi connectivity index (χ0n) is 10.2. The number of aromatic carboxylic acids is 1. The van der Waals surface area contributed by atoms with E-state index < -0.39 is 31.1 Å². The first kappa shape index (κ1) is 17.9. The first-order valence-corrected chi connectivity index (χ1v) is 6.98. The lowest BCUT2D eigenvalue weighted by Gasteiger charge is -2.12. The van der Waals surface area contributed by atoms with Crippen molar-refractivity contribution in [1.29, 1.82) is 0 Å². The minimum absolute atomic E-state index is 0.0236. The molecule has 0 heterocycles. The predicted molar refractivity (Wildman–Crippen MR) is 76.4 cm³/mol. The van der Waals surface area contributed by atoms with Gasteiger partial charge < -0.3 is 15.7 Å². The van der Waals surface area contributed by atoms with Gasteiger partial charge in [-0.25, -0.2) is 4.79 Å². The Bertz CT molecular complexity index is 564. The van der Waals surface area contributed by atoms with Crippen LogP contribution in [0.15, 0.2) is 21.1 Å². The molecule has 5 nitrogen and oxygen atoms in total. The quantitative estimate of drug-likeness (QED) is 0.667. The number of alkyl halides is 3. The number of carbonyl (C=O) groups excluding carboxylic acids is 1. The first-order valence-electron chi connectivity index (χ1n) is 5.40. The van der Waals surface area contributed by atoms with Crippen molar-refractivity contribution in [3.63, 3.8) is 0 Å². The molecule has 3 N–H and O–H groups in total. The highest BCUT2D eigenvalue weighted by Gasteiger charge is 2.26. The van der Waals surface area contributed by atoms with Crippen LogP contribution in [-0.4, -0.2) is 36.2 Å². The standard InChI is InChI=1S/C11H9Br2F3N2O3/c12-5-1-6(10(20)21)9(7(13)2-5)18-8(19)3-17-4-11(14,15)16/h1-2,17H,3-4H2,(H,18,19)(H,20,21). The van der Waals surface area contributed by atoms with E-state index in [1.807, 2.05) is 5.32 Å². The summed E-state index contributed by atoms with van der Waals surface area (Å²) in [4.78, 5) is 22.6. The molecule has 116 valence electrons. The van der Waals surface area contributed by atoms with Crippen molar-refractivity contribution in [2.24, 2.45) is 0 Å². The summed E-state index contributed by atoms with van der Waals surface area (Å²) >= 11 is 6.19. The van der Waals surface area contributed by atoms with Crippen molar-refractivity contribution in [3.8, 4) is 0 Å². The number of carboxylic acids is 1. The average Bonchev–Trinajstić information content (AvgIpc) is 2.30. The zero-order valence-corrected chi connectivity index (χ0v) is 13.4.